The van der Waals surface area contributed by atoms with E-state index in [2.05, 4.69) is 5.32 Å². The first-order chi connectivity index (χ1) is 9.36. The normalized spacial score (nSPS) is 11.7. The van der Waals surface area contributed by atoms with Crippen molar-refractivity contribution < 1.29 is 24.4 Å². The summed E-state index contributed by atoms with van der Waals surface area (Å²) in [5, 5.41) is 21.8. The van der Waals surface area contributed by atoms with Crippen molar-refractivity contribution in [3.05, 3.63) is 39.4 Å². The van der Waals surface area contributed by atoms with Crippen molar-refractivity contribution in [2.24, 2.45) is 0 Å². The number of carboxylic acids is 1. The molecule has 0 spiro atoms. The van der Waals surface area contributed by atoms with Crippen LogP contribution in [0.25, 0.3) is 0 Å². The van der Waals surface area contributed by atoms with Gasteiger partial charge in [-0.1, -0.05) is 0 Å². The highest BCUT2D eigenvalue weighted by atomic mass is 16.6. The highest BCUT2D eigenvalue weighted by Gasteiger charge is 2.22. The first kappa shape index (κ1) is 15.6. The SMILES string of the molecule is COCC(NC(=O)c1ccc([N+](=O)[O-])cc1C)C(=O)O. The minimum absolute atomic E-state index is 0.134. The van der Waals surface area contributed by atoms with Crippen LogP contribution in [0.5, 0.6) is 0 Å². The number of nitrogens with one attached hydrogen (secondary N) is 1. The van der Waals surface area contributed by atoms with Gasteiger partial charge in [-0.25, -0.2) is 4.79 Å². The Morgan fingerprint density at radius 3 is 2.60 bits per heavy atom. The van der Waals surface area contributed by atoms with Gasteiger partial charge in [-0.2, -0.15) is 0 Å². The summed E-state index contributed by atoms with van der Waals surface area (Å²) in [7, 11) is 1.32. The molecule has 108 valence electrons. The van der Waals surface area contributed by atoms with Crippen LogP contribution in [0.3, 0.4) is 0 Å². The number of ether oxygens (including phenoxy) is 1. The smallest absolute Gasteiger partial charge is 0.328 e. The number of hydrogen-bond acceptors (Lipinski definition) is 5. The second-order valence-electron chi connectivity index (χ2n) is 4.08. The van der Waals surface area contributed by atoms with Crippen molar-refractivity contribution in [3.8, 4) is 0 Å². The third kappa shape index (κ3) is 3.75. The Morgan fingerprint density at radius 2 is 2.15 bits per heavy atom. The molecule has 1 aromatic carbocycles. The number of aryl methyl sites for hydroxylation is 1. The number of nitrogens with zero attached hydrogens (tertiary/aromatic N) is 1. The molecule has 8 heteroatoms. The van der Waals surface area contributed by atoms with Crippen LogP contribution in [0.15, 0.2) is 18.2 Å². The van der Waals surface area contributed by atoms with Gasteiger partial charge >= 0.3 is 5.97 Å². The summed E-state index contributed by atoms with van der Waals surface area (Å²) < 4.78 is 4.70. The van der Waals surface area contributed by atoms with E-state index in [1.807, 2.05) is 0 Å². The molecule has 1 unspecified atom stereocenters. The summed E-state index contributed by atoms with van der Waals surface area (Å²) in [5.41, 5.74) is 0.432. The highest BCUT2D eigenvalue weighted by molar-refractivity contribution is 5.98. The number of aliphatic carboxylic acids is 1. The van der Waals surface area contributed by atoms with Crippen LogP contribution in [-0.4, -0.2) is 41.7 Å². The summed E-state index contributed by atoms with van der Waals surface area (Å²) >= 11 is 0. The highest BCUT2D eigenvalue weighted by Crippen LogP contribution is 2.17. The summed E-state index contributed by atoms with van der Waals surface area (Å²) in [5.74, 6) is -1.85. The Labute approximate surface area is 114 Å². The number of methoxy groups -OCH3 is 1. The van der Waals surface area contributed by atoms with Crippen LogP contribution in [0.1, 0.15) is 15.9 Å². The molecule has 0 saturated carbocycles. The van der Waals surface area contributed by atoms with Gasteiger partial charge in [-0.15, -0.1) is 0 Å². The lowest BCUT2D eigenvalue weighted by molar-refractivity contribution is -0.384. The maximum absolute atomic E-state index is 11.9. The zero-order valence-electron chi connectivity index (χ0n) is 11.0. The zero-order valence-corrected chi connectivity index (χ0v) is 11.0. The molecule has 1 atom stereocenters. The summed E-state index contributed by atoms with van der Waals surface area (Å²) in [4.78, 5) is 32.9. The van der Waals surface area contributed by atoms with Crippen molar-refractivity contribution in [2.75, 3.05) is 13.7 Å². The number of carboxylic acid groups (broad SMARTS) is 1. The fraction of sp³-hybridized carbons (Fsp3) is 0.333. The van der Waals surface area contributed by atoms with E-state index in [1.165, 1.54) is 32.2 Å². The van der Waals surface area contributed by atoms with Crippen LogP contribution in [0.2, 0.25) is 0 Å². The first-order valence-electron chi connectivity index (χ1n) is 5.64. The van der Waals surface area contributed by atoms with E-state index in [0.29, 0.717) is 5.56 Å². The monoisotopic (exact) mass is 282 g/mol. The van der Waals surface area contributed by atoms with E-state index in [1.54, 1.807) is 0 Å². The van der Waals surface area contributed by atoms with E-state index in [-0.39, 0.29) is 17.9 Å². The molecule has 0 aliphatic heterocycles. The molecule has 0 heterocycles. The second-order valence-corrected chi connectivity index (χ2v) is 4.08. The van der Waals surface area contributed by atoms with Gasteiger partial charge in [0.25, 0.3) is 11.6 Å². The Bertz CT molecular complexity index is 543. The lowest BCUT2D eigenvalue weighted by Crippen LogP contribution is -2.44. The average molecular weight is 282 g/mol. The van der Waals surface area contributed by atoms with E-state index >= 15 is 0 Å². The Morgan fingerprint density at radius 1 is 1.50 bits per heavy atom. The number of nitro benzene ring substituents is 1. The Hall–Kier alpha value is -2.48. The predicted octanol–water partition coefficient (Wildman–Crippen LogP) is 0.733. The number of carbonyl (C=O) groups excluding carboxylic acids is 1. The number of benzene rings is 1. The van der Waals surface area contributed by atoms with E-state index < -0.39 is 22.8 Å². The number of rotatable bonds is 6. The molecule has 20 heavy (non-hydrogen) atoms. The van der Waals surface area contributed by atoms with Crippen molar-refractivity contribution in [1.82, 2.24) is 5.32 Å². The van der Waals surface area contributed by atoms with Crippen LogP contribution >= 0.6 is 0 Å². The Balaban J connectivity index is 2.92. The predicted molar refractivity (Wildman–Crippen MR) is 68.6 cm³/mol. The minimum atomic E-state index is -1.22. The third-order valence-electron chi connectivity index (χ3n) is 2.60. The molecule has 0 bridgehead atoms. The van der Waals surface area contributed by atoms with Crippen LogP contribution in [0.4, 0.5) is 5.69 Å². The van der Waals surface area contributed by atoms with Crippen molar-refractivity contribution in [1.29, 1.82) is 0 Å². The molecule has 1 aromatic rings. The van der Waals surface area contributed by atoms with Crippen molar-refractivity contribution >= 4 is 17.6 Å². The van der Waals surface area contributed by atoms with E-state index in [0.717, 1.165) is 0 Å². The fourth-order valence-corrected chi connectivity index (χ4v) is 1.59. The maximum atomic E-state index is 11.9. The van der Waals surface area contributed by atoms with Gasteiger partial charge in [0.1, 0.15) is 0 Å². The minimum Gasteiger partial charge on any atom is -0.480 e. The number of amides is 1. The summed E-state index contributed by atoms with van der Waals surface area (Å²) in [6.07, 6.45) is 0. The van der Waals surface area contributed by atoms with Crippen molar-refractivity contribution in [3.63, 3.8) is 0 Å². The molecule has 1 amide bonds. The standard InChI is InChI=1S/C12H14N2O6/c1-7-5-8(14(18)19)3-4-9(7)11(15)13-10(6-20-2)12(16)17/h3-5,10H,6H2,1-2H3,(H,13,15)(H,16,17). The maximum Gasteiger partial charge on any atom is 0.328 e. The summed E-state index contributed by atoms with van der Waals surface area (Å²) in [6.45, 7) is 1.36. The average Bonchev–Trinajstić information content (AvgIpc) is 2.37. The molecular formula is C12H14N2O6. The van der Waals surface area contributed by atoms with Gasteiger partial charge in [-0.05, 0) is 18.6 Å². The lowest BCUT2D eigenvalue weighted by Gasteiger charge is -2.14. The quantitative estimate of drug-likeness (QED) is 0.586. The molecule has 0 aromatic heterocycles. The van der Waals surface area contributed by atoms with Gasteiger partial charge < -0.3 is 15.2 Å². The van der Waals surface area contributed by atoms with Crippen LogP contribution < -0.4 is 5.32 Å². The molecule has 0 aliphatic carbocycles. The van der Waals surface area contributed by atoms with Gasteiger partial charge in [-0.3, -0.25) is 14.9 Å². The second kappa shape index (κ2) is 6.62. The molecule has 1 rings (SSSR count). The van der Waals surface area contributed by atoms with Gasteiger partial charge in [0.05, 0.1) is 11.5 Å². The molecule has 0 fully saturated rings. The topological polar surface area (TPSA) is 119 Å². The fourth-order valence-electron chi connectivity index (χ4n) is 1.59. The van der Waals surface area contributed by atoms with Gasteiger partial charge in [0, 0.05) is 24.8 Å². The van der Waals surface area contributed by atoms with E-state index in [4.69, 9.17) is 9.84 Å². The lowest BCUT2D eigenvalue weighted by atomic mass is 10.1. The molecule has 2 N–H and O–H groups in total. The molecule has 0 saturated heterocycles. The van der Waals surface area contributed by atoms with Gasteiger partial charge in [0.15, 0.2) is 6.04 Å². The van der Waals surface area contributed by atoms with Crippen LogP contribution in [-0.2, 0) is 9.53 Å². The molecule has 0 aliphatic rings. The van der Waals surface area contributed by atoms with Gasteiger partial charge in [0.2, 0.25) is 0 Å². The summed E-state index contributed by atoms with van der Waals surface area (Å²) in [6, 6.07) is 2.55. The number of non-ortho nitro benzene ring substituents is 1. The molecular weight excluding hydrogens is 268 g/mol. The molecule has 0 radical (unpaired) electrons. The zero-order chi connectivity index (χ0) is 15.3. The number of hydrogen-bond donors (Lipinski definition) is 2. The largest absolute Gasteiger partial charge is 0.480 e. The van der Waals surface area contributed by atoms with E-state index in [9.17, 15) is 19.7 Å². The Kier molecular flexibility index (Phi) is 5.15. The number of nitro groups is 1. The third-order valence-corrected chi connectivity index (χ3v) is 2.60. The first-order valence-corrected chi connectivity index (χ1v) is 5.64. The van der Waals surface area contributed by atoms with Crippen molar-refractivity contribution in [2.45, 2.75) is 13.0 Å². The molecule has 8 nitrogen and oxygen atoms in total. The number of carbonyl (C=O) groups is 2. The van der Waals surface area contributed by atoms with Crippen LogP contribution in [0, 0.1) is 17.0 Å².